The number of thioether (sulfide) groups is 1. The second-order valence-electron chi connectivity index (χ2n) is 2.06. The molecule has 0 fully saturated rings. The number of rotatable bonds is 5. The van der Waals surface area contributed by atoms with Crippen molar-refractivity contribution < 1.29 is 4.74 Å². The zero-order valence-electron chi connectivity index (χ0n) is 7.00. The van der Waals surface area contributed by atoms with Crippen LogP contribution in [0.25, 0.3) is 0 Å². The molecule has 0 amide bonds. The second kappa shape index (κ2) is 8.08. The van der Waals surface area contributed by atoms with E-state index >= 15 is 0 Å². The summed E-state index contributed by atoms with van der Waals surface area (Å²) in [5.74, 6) is 2.22. The Morgan fingerprint density at radius 3 is 2.91 bits per heavy atom. The number of thiocarbonyl (C=S) groups is 1. The van der Waals surface area contributed by atoms with Crippen LogP contribution in [0.5, 0.6) is 0 Å². The number of ether oxygens (including phenoxy) is 1. The molecule has 0 heterocycles. The lowest BCUT2D eigenvalue weighted by molar-refractivity contribution is 0.481. The van der Waals surface area contributed by atoms with Crippen molar-refractivity contribution in [3.05, 3.63) is 12.3 Å². The number of hydrogen-bond acceptors (Lipinski definition) is 3. The third-order valence-corrected chi connectivity index (χ3v) is 2.11. The summed E-state index contributed by atoms with van der Waals surface area (Å²) in [4.78, 5) is 0. The van der Waals surface area contributed by atoms with Crippen LogP contribution in [0.2, 0.25) is 0 Å². The van der Waals surface area contributed by atoms with Crippen LogP contribution >= 0.6 is 24.0 Å². The average Bonchev–Trinajstić information content (AvgIpc) is 1.96. The molecule has 1 nitrogen and oxygen atoms in total. The van der Waals surface area contributed by atoms with Crippen molar-refractivity contribution in [3.8, 4) is 0 Å². The lowest BCUT2D eigenvalue weighted by Crippen LogP contribution is -1.86. The van der Waals surface area contributed by atoms with Crippen molar-refractivity contribution >= 4 is 29.0 Å². The van der Waals surface area contributed by atoms with Gasteiger partial charge in [-0.2, -0.15) is 11.8 Å². The van der Waals surface area contributed by atoms with Gasteiger partial charge in [-0.3, -0.25) is 0 Å². The highest BCUT2D eigenvalue weighted by atomic mass is 32.2. The van der Waals surface area contributed by atoms with Gasteiger partial charge in [0.1, 0.15) is 0 Å². The first kappa shape index (κ1) is 11.0. The van der Waals surface area contributed by atoms with Gasteiger partial charge in [-0.05, 0) is 30.5 Å². The highest BCUT2D eigenvalue weighted by molar-refractivity contribution is 7.99. The maximum absolute atomic E-state index is 4.96. The van der Waals surface area contributed by atoms with Crippen LogP contribution in [0.1, 0.15) is 20.3 Å². The molecule has 0 saturated carbocycles. The van der Waals surface area contributed by atoms with Crippen LogP contribution in [-0.2, 0) is 4.74 Å². The van der Waals surface area contributed by atoms with E-state index in [0.717, 1.165) is 5.75 Å². The molecule has 0 N–H and O–H groups in total. The predicted octanol–water partition coefficient (Wildman–Crippen LogP) is 3.01. The Bertz CT molecular complexity index is 132. The first-order valence-corrected chi connectivity index (χ1v) is 5.23. The second-order valence-corrected chi connectivity index (χ2v) is 3.78. The van der Waals surface area contributed by atoms with Crippen molar-refractivity contribution in [1.29, 1.82) is 0 Å². The molecule has 0 saturated heterocycles. The molecule has 0 rings (SSSR count). The molecule has 0 spiro atoms. The van der Waals surface area contributed by atoms with Crippen LogP contribution in [0.4, 0.5) is 0 Å². The van der Waals surface area contributed by atoms with E-state index < -0.39 is 0 Å². The van der Waals surface area contributed by atoms with Crippen molar-refractivity contribution in [2.75, 3.05) is 11.5 Å². The molecule has 0 radical (unpaired) electrons. The summed E-state index contributed by atoms with van der Waals surface area (Å²) in [5, 5.41) is 0.571. The lowest BCUT2D eigenvalue weighted by atomic mass is 10.6. The topological polar surface area (TPSA) is 9.23 Å². The summed E-state index contributed by atoms with van der Waals surface area (Å²) < 4.78 is 4.96. The summed E-state index contributed by atoms with van der Waals surface area (Å²) >= 11 is 6.61. The van der Waals surface area contributed by atoms with Crippen molar-refractivity contribution in [2.45, 2.75) is 20.3 Å². The smallest absolute Gasteiger partial charge is 0.163 e. The standard InChI is InChI=1S/C8H14OS2/c1-3-6-11-7-4-5-9-8(2)10/h4-5H,3,6-7H2,1-2H3. The van der Waals surface area contributed by atoms with E-state index in [2.05, 4.69) is 6.92 Å². The van der Waals surface area contributed by atoms with Crippen LogP contribution in [0.3, 0.4) is 0 Å². The SMILES string of the molecule is CCCSCC=COC(C)=S. The van der Waals surface area contributed by atoms with Gasteiger partial charge in [0.2, 0.25) is 0 Å². The lowest BCUT2D eigenvalue weighted by Gasteiger charge is -1.94. The Labute approximate surface area is 78.2 Å². The molecule has 64 valence electrons. The molecule has 0 aromatic carbocycles. The summed E-state index contributed by atoms with van der Waals surface area (Å²) in [5.41, 5.74) is 0. The van der Waals surface area contributed by atoms with Crippen LogP contribution in [0.15, 0.2) is 12.3 Å². The van der Waals surface area contributed by atoms with Gasteiger partial charge < -0.3 is 4.74 Å². The molecule has 0 unspecified atom stereocenters. The molecule has 0 aliphatic heterocycles. The molecule has 0 aliphatic rings. The van der Waals surface area contributed by atoms with E-state index in [9.17, 15) is 0 Å². The van der Waals surface area contributed by atoms with Gasteiger partial charge in [-0.25, -0.2) is 0 Å². The average molecular weight is 190 g/mol. The Balaban J connectivity index is 3.10. The fourth-order valence-corrected chi connectivity index (χ4v) is 1.20. The van der Waals surface area contributed by atoms with Gasteiger partial charge in [0.25, 0.3) is 0 Å². The van der Waals surface area contributed by atoms with Gasteiger partial charge in [0.05, 0.1) is 6.26 Å². The maximum atomic E-state index is 4.96. The third-order valence-electron chi connectivity index (χ3n) is 0.893. The van der Waals surface area contributed by atoms with Crippen molar-refractivity contribution in [1.82, 2.24) is 0 Å². The predicted molar refractivity (Wildman–Crippen MR) is 56.1 cm³/mol. The minimum Gasteiger partial charge on any atom is -0.459 e. The van der Waals surface area contributed by atoms with E-state index in [4.69, 9.17) is 17.0 Å². The summed E-state index contributed by atoms with van der Waals surface area (Å²) in [6.07, 6.45) is 4.87. The first-order valence-electron chi connectivity index (χ1n) is 3.67. The van der Waals surface area contributed by atoms with Gasteiger partial charge >= 0.3 is 0 Å². The minimum atomic E-state index is 0.571. The summed E-state index contributed by atoms with van der Waals surface area (Å²) in [7, 11) is 0. The van der Waals surface area contributed by atoms with Crippen LogP contribution in [-0.4, -0.2) is 16.6 Å². The normalized spacial score (nSPS) is 10.4. The van der Waals surface area contributed by atoms with Crippen LogP contribution in [0, 0.1) is 0 Å². The molecular weight excluding hydrogens is 176 g/mol. The highest BCUT2D eigenvalue weighted by Crippen LogP contribution is 2.01. The Morgan fingerprint density at radius 2 is 2.36 bits per heavy atom. The molecule has 0 atom stereocenters. The molecule has 3 heteroatoms. The molecule has 0 bridgehead atoms. The van der Waals surface area contributed by atoms with E-state index in [1.165, 1.54) is 12.2 Å². The van der Waals surface area contributed by atoms with Gasteiger partial charge in [0, 0.05) is 12.7 Å². The Hall–Kier alpha value is -0.0200. The quantitative estimate of drug-likeness (QED) is 0.375. The largest absolute Gasteiger partial charge is 0.459 e. The van der Waals surface area contributed by atoms with Gasteiger partial charge in [-0.1, -0.05) is 6.92 Å². The third kappa shape index (κ3) is 9.98. The molecule has 0 aliphatic carbocycles. The molecule has 0 aromatic heterocycles. The molecule has 11 heavy (non-hydrogen) atoms. The highest BCUT2D eigenvalue weighted by Gasteiger charge is 1.82. The van der Waals surface area contributed by atoms with E-state index in [1.54, 1.807) is 13.2 Å². The van der Waals surface area contributed by atoms with E-state index in [1.807, 2.05) is 17.8 Å². The van der Waals surface area contributed by atoms with E-state index in [0.29, 0.717) is 5.05 Å². The fraction of sp³-hybridized carbons (Fsp3) is 0.625. The zero-order chi connectivity index (χ0) is 8.53. The fourth-order valence-electron chi connectivity index (χ4n) is 0.479. The maximum Gasteiger partial charge on any atom is 0.163 e. The van der Waals surface area contributed by atoms with Gasteiger partial charge in [-0.15, -0.1) is 0 Å². The van der Waals surface area contributed by atoms with Crippen LogP contribution < -0.4 is 0 Å². The Kier molecular flexibility index (Phi) is 8.07. The number of hydrogen-bond donors (Lipinski definition) is 0. The monoisotopic (exact) mass is 190 g/mol. The zero-order valence-corrected chi connectivity index (χ0v) is 8.63. The van der Waals surface area contributed by atoms with Crippen molar-refractivity contribution in [3.63, 3.8) is 0 Å². The minimum absolute atomic E-state index is 0.571. The summed E-state index contributed by atoms with van der Waals surface area (Å²) in [6.45, 7) is 3.94. The first-order chi connectivity index (χ1) is 5.27. The van der Waals surface area contributed by atoms with Gasteiger partial charge in [0.15, 0.2) is 5.05 Å². The van der Waals surface area contributed by atoms with Crippen molar-refractivity contribution in [2.24, 2.45) is 0 Å². The molecule has 0 aromatic rings. The Morgan fingerprint density at radius 1 is 1.64 bits per heavy atom. The summed E-state index contributed by atoms with van der Waals surface area (Å²) in [6, 6.07) is 0. The molecular formula is C8H14OS2. The van der Waals surface area contributed by atoms with E-state index in [-0.39, 0.29) is 0 Å².